The molecule has 0 aromatic heterocycles. The Hall–Kier alpha value is -1.84. The number of ether oxygens (including phenoxy) is 1. The molecule has 4 nitrogen and oxygen atoms in total. The monoisotopic (exact) mass is 249 g/mol. The zero-order chi connectivity index (χ0) is 13.5. The minimum absolute atomic E-state index is 0.0877. The second-order valence-corrected chi connectivity index (χ2v) is 4.41. The SMILES string of the molecule is COC(=O)CC(C)NC(=O)Cc1ccc(C)cc1. The van der Waals surface area contributed by atoms with Crippen molar-refractivity contribution in [3.05, 3.63) is 35.4 Å². The van der Waals surface area contributed by atoms with Crippen molar-refractivity contribution in [2.24, 2.45) is 0 Å². The lowest BCUT2D eigenvalue weighted by Gasteiger charge is -2.12. The van der Waals surface area contributed by atoms with Crippen molar-refractivity contribution < 1.29 is 14.3 Å². The molecule has 0 heterocycles. The van der Waals surface area contributed by atoms with Crippen LogP contribution in [0.5, 0.6) is 0 Å². The summed E-state index contributed by atoms with van der Waals surface area (Å²) in [5, 5.41) is 2.77. The van der Waals surface area contributed by atoms with Crippen LogP contribution in [0.15, 0.2) is 24.3 Å². The van der Waals surface area contributed by atoms with E-state index in [-0.39, 0.29) is 24.3 Å². The fourth-order valence-electron chi connectivity index (χ4n) is 1.60. The molecule has 0 saturated heterocycles. The fourth-order valence-corrected chi connectivity index (χ4v) is 1.60. The normalized spacial score (nSPS) is 11.7. The molecule has 0 radical (unpaired) electrons. The van der Waals surface area contributed by atoms with E-state index < -0.39 is 0 Å². The molecule has 4 heteroatoms. The van der Waals surface area contributed by atoms with Gasteiger partial charge in [-0.25, -0.2) is 0 Å². The van der Waals surface area contributed by atoms with Crippen LogP contribution in [0.2, 0.25) is 0 Å². The fraction of sp³-hybridized carbons (Fsp3) is 0.429. The number of aryl methyl sites for hydroxylation is 1. The van der Waals surface area contributed by atoms with Crippen LogP contribution in [0.1, 0.15) is 24.5 Å². The molecule has 1 rings (SSSR count). The van der Waals surface area contributed by atoms with Crippen molar-refractivity contribution >= 4 is 11.9 Å². The summed E-state index contributed by atoms with van der Waals surface area (Å²) in [6, 6.07) is 7.59. The van der Waals surface area contributed by atoms with E-state index in [2.05, 4.69) is 10.1 Å². The van der Waals surface area contributed by atoms with Crippen molar-refractivity contribution in [3.8, 4) is 0 Å². The number of methoxy groups -OCH3 is 1. The zero-order valence-electron chi connectivity index (χ0n) is 11.0. The molecule has 0 fully saturated rings. The Morgan fingerprint density at radius 1 is 1.28 bits per heavy atom. The largest absolute Gasteiger partial charge is 0.469 e. The Morgan fingerprint density at radius 3 is 2.44 bits per heavy atom. The highest BCUT2D eigenvalue weighted by molar-refractivity contribution is 5.79. The van der Waals surface area contributed by atoms with Crippen LogP contribution in [0.3, 0.4) is 0 Å². The van der Waals surface area contributed by atoms with Gasteiger partial charge in [0.2, 0.25) is 5.91 Å². The zero-order valence-corrected chi connectivity index (χ0v) is 11.0. The maximum Gasteiger partial charge on any atom is 0.307 e. The lowest BCUT2D eigenvalue weighted by atomic mass is 10.1. The Labute approximate surface area is 107 Å². The first-order chi connectivity index (χ1) is 8.51. The summed E-state index contributed by atoms with van der Waals surface area (Å²) < 4.78 is 4.54. The summed E-state index contributed by atoms with van der Waals surface area (Å²) in [5.41, 5.74) is 2.13. The van der Waals surface area contributed by atoms with Gasteiger partial charge in [-0.05, 0) is 19.4 Å². The second kappa shape index (κ2) is 6.79. The minimum atomic E-state index is -0.321. The van der Waals surface area contributed by atoms with Gasteiger partial charge in [0.15, 0.2) is 0 Å². The highest BCUT2D eigenvalue weighted by Crippen LogP contribution is 2.04. The van der Waals surface area contributed by atoms with E-state index in [4.69, 9.17) is 0 Å². The number of amides is 1. The van der Waals surface area contributed by atoms with Crippen LogP contribution >= 0.6 is 0 Å². The first-order valence-corrected chi connectivity index (χ1v) is 5.93. The maximum absolute atomic E-state index is 11.7. The van der Waals surface area contributed by atoms with Crippen molar-refractivity contribution in [1.82, 2.24) is 5.32 Å². The molecule has 1 N–H and O–H groups in total. The smallest absolute Gasteiger partial charge is 0.307 e. The molecule has 0 spiro atoms. The number of hydrogen-bond acceptors (Lipinski definition) is 3. The third kappa shape index (κ3) is 4.99. The van der Waals surface area contributed by atoms with E-state index in [0.717, 1.165) is 5.56 Å². The Bertz CT molecular complexity index is 412. The van der Waals surface area contributed by atoms with Gasteiger partial charge in [-0.2, -0.15) is 0 Å². The number of nitrogens with one attached hydrogen (secondary N) is 1. The predicted molar refractivity (Wildman–Crippen MR) is 69.1 cm³/mol. The van der Waals surface area contributed by atoms with E-state index in [1.807, 2.05) is 31.2 Å². The molecule has 1 unspecified atom stereocenters. The third-order valence-corrected chi connectivity index (χ3v) is 2.59. The van der Waals surface area contributed by atoms with Gasteiger partial charge >= 0.3 is 5.97 Å². The average Bonchev–Trinajstić information content (AvgIpc) is 2.31. The lowest BCUT2D eigenvalue weighted by Crippen LogP contribution is -2.35. The molecule has 0 aliphatic heterocycles. The summed E-state index contributed by atoms with van der Waals surface area (Å²) >= 11 is 0. The van der Waals surface area contributed by atoms with Crippen LogP contribution in [-0.2, 0) is 20.7 Å². The van der Waals surface area contributed by atoms with Crippen LogP contribution < -0.4 is 5.32 Å². The Balaban J connectivity index is 2.41. The average molecular weight is 249 g/mol. The molecule has 18 heavy (non-hydrogen) atoms. The number of esters is 1. The molecular formula is C14H19NO3. The topological polar surface area (TPSA) is 55.4 Å². The molecule has 1 atom stereocenters. The van der Waals surface area contributed by atoms with Crippen LogP contribution in [0.4, 0.5) is 0 Å². The molecule has 1 aromatic carbocycles. The maximum atomic E-state index is 11.7. The third-order valence-electron chi connectivity index (χ3n) is 2.59. The molecule has 0 aliphatic rings. The lowest BCUT2D eigenvalue weighted by molar-refractivity contribution is -0.141. The van der Waals surface area contributed by atoms with E-state index in [0.29, 0.717) is 6.42 Å². The van der Waals surface area contributed by atoms with Crippen LogP contribution in [0, 0.1) is 6.92 Å². The van der Waals surface area contributed by atoms with Crippen LogP contribution in [0.25, 0.3) is 0 Å². The number of carbonyl (C=O) groups excluding carboxylic acids is 2. The summed E-state index contributed by atoms with van der Waals surface area (Å²) in [6.45, 7) is 3.78. The van der Waals surface area contributed by atoms with Gasteiger partial charge < -0.3 is 10.1 Å². The second-order valence-electron chi connectivity index (χ2n) is 4.41. The minimum Gasteiger partial charge on any atom is -0.469 e. The number of hydrogen-bond donors (Lipinski definition) is 1. The van der Waals surface area contributed by atoms with Gasteiger partial charge in [-0.3, -0.25) is 9.59 Å². The molecular weight excluding hydrogens is 230 g/mol. The molecule has 0 saturated carbocycles. The van der Waals surface area contributed by atoms with Gasteiger partial charge in [0.1, 0.15) is 0 Å². The van der Waals surface area contributed by atoms with Crippen molar-refractivity contribution in [3.63, 3.8) is 0 Å². The van der Waals surface area contributed by atoms with E-state index in [1.165, 1.54) is 12.7 Å². The van der Waals surface area contributed by atoms with Gasteiger partial charge in [0.25, 0.3) is 0 Å². The highest BCUT2D eigenvalue weighted by Gasteiger charge is 2.12. The standard InChI is InChI=1S/C14H19NO3/c1-10-4-6-12(7-5-10)9-13(16)15-11(2)8-14(17)18-3/h4-7,11H,8-9H2,1-3H3,(H,15,16). The summed E-state index contributed by atoms with van der Waals surface area (Å²) in [5.74, 6) is -0.409. The summed E-state index contributed by atoms with van der Waals surface area (Å²) in [6.07, 6.45) is 0.516. The van der Waals surface area contributed by atoms with Crippen molar-refractivity contribution in [1.29, 1.82) is 0 Å². The molecule has 0 bridgehead atoms. The Kier molecular flexibility index (Phi) is 5.36. The summed E-state index contributed by atoms with van der Waals surface area (Å²) in [4.78, 5) is 22.7. The van der Waals surface area contributed by atoms with E-state index in [9.17, 15) is 9.59 Å². The quantitative estimate of drug-likeness (QED) is 0.806. The number of benzene rings is 1. The van der Waals surface area contributed by atoms with Crippen molar-refractivity contribution in [2.75, 3.05) is 7.11 Å². The first kappa shape index (κ1) is 14.2. The first-order valence-electron chi connectivity index (χ1n) is 5.93. The molecule has 0 aliphatic carbocycles. The predicted octanol–water partition coefficient (Wildman–Crippen LogP) is 1.61. The van der Waals surface area contributed by atoms with Crippen molar-refractivity contribution in [2.45, 2.75) is 32.7 Å². The van der Waals surface area contributed by atoms with Gasteiger partial charge in [-0.15, -0.1) is 0 Å². The van der Waals surface area contributed by atoms with E-state index in [1.54, 1.807) is 6.92 Å². The number of rotatable bonds is 5. The molecule has 98 valence electrons. The molecule has 1 amide bonds. The summed E-state index contributed by atoms with van der Waals surface area (Å²) in [7, 11) is 1.34. The van der Waals surface area contributed by atoms with Gasteiger partial charge in [0, 0.05) is 6.04 Å². The van der Waals surface area contributed by atoms with E-state index >= 15 is 0 Å². The number of carbonyl (C=O) groups is 2. The van der Waals surface area contributed by atoms with Crippen LogP contribution in [-0.4, -0.2) is 25.0 Å². The van der Waals surface area contributed by atoms with Gasteiger partial charge in [0.05, 0.1) is 20.0 Å². The Morgan fingerprint density at radius 2 is 1.89 bits per heavy atom. The highest BCUT2D eigenvalue weighted by atomic mass is 16.5. The molecule has 1 aromatic rings. The van der Waals surface area contributed by atoms with Gasteiger partial charge in [-0.1, -0.05) is 29.8 Å².